The summed E-state index contributed by atoms with van der Waals surface area (Å²) >= 11 is 0. The number of nitrogens with one attached hydrogen (secondary N) is 1. The van der Waals surface area contributed by atoms with Crippen molar-refractivity contribution in [3.05, 3.63) is 35.9 Å². The van der Waals surface area contributed by atoms with Crippen molar-refractivity contribution in [1.29, 1.82) is 0 Å². The average molecular weight is 260 g/mol. The molecule has 19 heavy (non-hydrogen) atoms. The Kier molecular flexibility index (Phi) is 3.80. The number of rotatable bonds is 2. The van der Waals surface area contributed by atoms with Crippen LogP contribution in [0.15, 0.2) is 30.3 Å². The maximum absolute atomic E-state index is 12.4. The van der Waals surface area contributed by atoms with E-state index < -0.39 is 0 Å². The second kappa shape index (κ2) is 5.72. The second-order valence-corrected chi connectivity index (χ2v) is 5.20. The van der Waals surface area contributed by atoms with Gasteiger partial charge in [-0.15, -0.1) is 0 Å². The summed E-state index contributed by atoms with van der Waals surface area (Å²) in [6.45, 7) is 2.96. The van der Waals surface area contributed by atoms with E-state index in [0.29, 0.717) is 19.7 Å². The molecule has 2 heterocycles. The summed E-state index contributed by atoms with van der Waals surface area (Å²) in [6.07, 6.45) is 2.08. The molecule has 102 valence electrons. The summed E-state index contributed by atoms with van der Waals surface area (Å²) in [6, 6.07) is 10.2. The Morgan fingerprint density at radius 3 is 2.89 bits per heavy atom. The van der Waals surface area contributed by atoms with Gasteiger partial charge in [0.15, 0.2) is 0 Å². The number of amides is 1. The van der Waals surface area contributed by atoms with Crippen LogP contribution in [0.5, 0.6) is 0 Å². The highest BCUT2D eigenvalue weighted by Gasteiger charge is 2.31. The fraction of sp³-hybridized carbons (Fsp3) is 0.533. The van der Waals surface area contributed by atoms with E-state index in [1.165, 1.54) is 0 Å². The highest BCUT2D eigenvalue weighted by molar-refractivity contribution is 5.82. The highest BCUT2D eigenvalue weighted by atomic mass is 16.5. The number of benzene rings is 1. The zero-order valence-electron chi connectivity index (χ0n) is 11.0. The third-order valence-electron chi connectivity index (χ3n) is 3.91. The molecule has 1 N–H and O–H groups in total. The van der Waals surface area contributed by atoms with Crippen LogP contribution in [0.25, 0.3) is 0 Å². The van der Waals surface area contributed by atoms with Crippen LogP contribution in [0.3, 0.4) is 0 Å². The minimum atomic E-state index is 0.0142. The summed E-state index contributed by atoms with van der Waals surface area (Å²) in [5.74, 6) is 0.238. The molecule has 0 aliphatic carbocycles. The second-order valence-electron chi connectivity index (χ2n) is 5.20. The van der Waals surface area contributed by atoms with E-state index >= 15 is 0 Å². The molecule has 1 aromatic rings. The predicted octanol–water partition coefficient (Wildman–Crippen LogP) is 1.34. The molecule has 0 radical (unpaired) electrons. The van der Waals surface area contributed by atoms with E-state index in [2.05, 4.69) is 17.4 Å². The first-order valence-corrected chi connectivity index (χ1v) is 7.03. The van der Waals surface area contributed by atoms with Gasteiger partial charge in [0.25, 0.3) is 0 Å². The van der Waals surface area contributed by atoms with Gasteiger partial charge in [-0.05, 0) is 24.9 Å². The smallest absolute Gasteiger partial charge is 0.239 e. The third kappa shape index (κ3) is 2.80. The predicted molar refractivity (Wildman–Crippen MR) is 72.7 cm³/mol. The van der Waals surface area contributed by atoms with Crippen molar-refractivity contribution < 1.29 is 9.53 Å². The lowest BCUT2D eigenvalue weighted by molar-refractivity contribution is -0.140. The number of hydrogen-bond donors (Lipinski definition) is 1. The molecular weight excluding hydrogens is 240 g/mol. The number of hydrogen-bond acceptors (Lipinski definition) is 3. The lowest BCUT2D eigenvalue weighted by Crippen LogP contribution is -2.49. The molecule has 3 rings (SSSR count). The minimum Gasteiger partial charge on any atom is -0.370 e. The Bertz CT molecular complexity index is 429. The van der Waals surface area contributed by atoms with Gasteiger partial charge in [0, 0.05) is 6.54 Å². The average Bonchev–Trinajstić information content (AvgIpc) is 3.02. The fourth-order valence-electron chi connectivity index (χ4n) is 2.83. The van der Waals surface area contributed by atoms with Gasteiger partial charge in [-0.2, -0.15) is 0 Å². The summed E-state index contributed by atoms with van der Waals surface area (Å²) in [5, 5.41) is 3.28. The lowest BCUT2D eigenvalue weighted by atomic mass is 10.1. The van der Waals surface area contributed by atoms with Crippen molar-refractivity contribution in [3.8, 4) is 0 Å². The minimum absolute atomic E-state index is 0.0142. The van der Waals surface area contributed by atoms with Gasteiger partial charge in [0.05, 0.1) is 19.2 Å². The maximum Gasteiger partial charge on any atom is 0.239 e. The van der Waals surface area contributed by atoms with Crippen LogP contribution in [-0.2, 0) is 9.53 Å². The molecule has 2 saturated heterocycles. The van der Waals surface area contributed by atoms with Gasteiger partial charge in [0.1, 0.15) is 6.10 Å². The molecule has 4 nitrogen and oxygen atoms in total. The molecule has 1 aromatic carbocycles. The van der Waals surface area contributed by atoms with Gasteiger partial charge in [-0.1, -0.05) is 30.3 Å². The quantitative estimate of drug-likeness (QED) is 0.872. The van der Waals surface area contributed by atoms with E-state index in [9.17, 15) is 4.79 Å². The van der Waals surface area contributed by atoms with E-state index in [1.807, 2.05) is 23.1 Å². The number of ether oxygens (including phenoxy) is 1. The first-order valence-electron chi connectivity index (χ1n) is 7.03. The standard InChI is InChI=1S/C15H20N2O2/c18-15(13-7-4-8-16-13)17-9-10-19-14(11-17)12-5-2-1-3-6-12/h1-3,5-6,13-14,16H,4,7-11H2. The van der Waals surface area contributed by atoms with Crippen LogP contribution >= 0.6 is 0 Å². The topological polar surface area (TPSA) is 41.6 Å². The van der Waals surface area contributed by atoms with Crippen molar-refractivity contribution in [3.63, 3.8) is 0 Å². The van der Waals surface area contributed by atoms with Gasteiger partial charge < -0.3 is 15.0 Å². The molecule has 1 amide bonds. The number of carbonyl (C=O) groups excluding carboxylic acids is 1. The van der Waals surface area contributed by atoms with Crippen molar-refractivity contribution in [2.45, 2.75) is 25.0 Å². The normalized spacial score (nSPS) is 27.5. The molecule has 4 heteroatoms. The van der Waals surface area contributed by atoms with Crippen LogP contribution in [0.2, 0.25) is 0 Å². The lowest BCUT2D eigenvalue weighted by Gasteiger charge is -2.34. The molecule has 0 aromatic heterocycles. The van der Waals surface area contributed by atoms with E-state index in [1.54, 1.807) is 0 Å². The molecule has 0 saturated carbocycles. The van der Waals surface area contributed by atoms with Crippen LogP contribution in [-0.4, -0.2) is 43.1 Å². The third-order valence-corrected chi connectivity index (χ3v) is 3.91. The van der Waals surface area contributed by atoms with Crippen molar-refractivity contribution in [1.82, 2.24) is 10.2 Å². The van der Waals surface area contributed by atoms with E-state index in [4.69, 9.17) is 4.74 Å². The molecule has 2 atom stereocenters. The molecule has 2 aliphatic rings. The van der Waals surface area contributed by atoms with Crippen molar-refractivity contribution in [2.75, 3.05) is 26.2 Å². The van der Waals surface area contributed by atoms with Crippen LogP contribution in [0, 0.1) is 0 Å². The Labute approximate surface area is 113 Å². The summed E-state index contributed by atoms with van der Waals surface area (Å²) < 4.78 is 5.79. The number of morpholine rings is 1. The zero-order chi connectivity index (χ0) is 13.1. The van der Waals surface area contributed by atoms with Gasteiger partial charge in [0.2, 0.25) is 5.91 Å². The first-order chi connectivity index (χ1) is 9.34. The van der Waals surface area contributed by atoms with Gasteiger partial charge in [-0.3, -0.25) is 4.79 Å². The van der Waals surface area contributed by atoms with Gasteiger partial charge in [-0.25, -0.2) is 0 Å². The van der Waals surface area contributed by atoms with Crippen LogP contribution in [0.4, 0.5) is 0 Å². The highest BCUT2D eigenvalue weighted by Crippen LogP contribution is 2.23. The SMILES string of the molecule is O=C(C1CCCN1)N1CCOC(c2ccccc2)C1. The zero-order valence-corrected chi connectivity index (χ0v) is 11.0. The monoisotopic (exact) mass is 260 g/mol. The molecule has 2 unspecified atom stereocenters. The van der Waals surface area contributed by atoms with Crippen molar-refractivity contribution >= 4 is 5.91 Å². The molecule has 2 aliphatic heterocycles. The molecule has 2 fully saturated rings. The largest absolute Gasteiger partial charge is 0.370 e. The number of carbonyl (C=O) groups is 1. The van der Waals surface area contributed by atoms with Crippen molar-refractivity contribution in [2.24, 2.45) is 0 Å². The fourth-order valence-corrected chi connectivity index (χ4v) is 2.83. The summed E-state index contributed by atoms with van der Waals surface area (Å²) in [7, 11) is 0. The van der Waals surface area contributed by atoms with E-state index in [0.717, 1.165) is 24.9 Å². The molecular formula is C15H20N2O2. The maximum atomic E-state index is 12.4. The summed E-state index contributed by atoms with van der Waals surface area (Å²) in [5.41, 5.74) is 1.15. The molecule has 0 spiro atoms. The van der Waals surface area contributed by atoms with Gasteiger partial charge >= 0.3 is 0 Å². The van der Waals surface area contributed by atoms with Crippen LogP contribution in [0.1, 0.15) is 24.5 Å². The Balaban J connectivity index is 1.66. The Hall–Kier alpha value is -1.39. The molecule has 0 bridgehead atoms. The first kappa shape index (κ1) is 12.6. The Morgan fingerprint density at radius 2 is 2.16 bits per heavy atom. The Morgan fingerprint density at radius 1 is 1.32 bits per heavy atom. The van der Waals surface area contributed by atoms with Crippen LogP contribution < -0.4 is 5.32 Å². The summed E-state index contributed by atoms with van der Waals surface area (Å²) in [4.78, 5) is 14.3. The van der Waals surface area contributed by atoms with E-state index in [-0.39, 0.29) is 18.1 Å². The number of nitrogens with zero attached hydrogens (tertiary/aromatic N) is 1.